The molecule has 0 unspecified atom stereocenters. The van der Waals surface area contributed by atoms with E-state index in [9.17, 15) is 4.79 Å². The van der Waals surface area contributed by atoms with Crippen molar-refractivity contribution in [3.8, 4) is 5.75 Å². The summed E-state index contributed by atoms with van der Waals surface area (Å²) in [6, 6.07) is 7.75. The Morgan fingerprint density at radius 2 is 2.30 bits per heavy atom. The summed E-state index contributed by atoms with van der Waals surface area (Å²) in [5.41, 5.74) is 2.02. The highest BCUT2D eigenvalue weighted by molar-refractivity contribution is 7.22. The van der Waals surface area contributed by atoms with Crippen LogP contribution in [0, 0.1) is 0 Å². The van der Waals surface area contributed by atoms with Crippen LogP contribution in [-0.4, -0.2) is 24.5 Å². The maximum atomic E-state index is 12.5. The summed E-state index contributed by atoms with van der Waals surface area (Å²) in [7, 11) is 1.62. The number of methoxy groups -OCH3 is 1. The average Bonchev–Trinajstić information content (AvgIpc) is 3.17. The first-order valence-electron chi connectivity index (χ1n) is 7.32. The molecule has 2 aromatic heterocycles. The molecule has 0 radical (unpaired) electrons. The summed E-state index contributed by atoms with van der Waals surface area (Å²) in [5.74, 6) is 0.624. The monoisotopic (exact) mass is 345 g/mol. The zero-order valence-corrected chi connectivity index (χ0v) is 14.1. The van der Waals surface area contributed by atoms with Gasteiger partial charge in [-0.3, -0.25) is 10.1 Å². The molecule has 1 amide bonds. The average molecular weight is 345 g/mol. The Morgan fingerprint density at radius 3 is 3.13 bits per heavy atom. The molecule has 0 bridgehead atoms. The van der Waals surface area contributed by atoms with Crippen molar-refractivity contribution in [1.29, 1.82) is 0 Å². The van der Waals surface area contributed by atoms with Crippen LogP contribution in [0.1, 0.15) is 20.1 Å². The van der Waals surface area contributed by atoms with Crippen molar-refractivity contribution in [2.45, 2.75) is 13.0 Å². The molecule has 5 nitrogen and oxygen atoms in total. The van der Waals surface area contributed by atoms with E-state index in [4.69, 9.17) is 4.74 Å². The van der Waals surface area contributed by atoms with Crippen molar-refractivity contribution in [2.75, 3.05) is 19.0 Å². The van der Waals surface area contributed by atoms with E-state index in [2.05, 4.69) is 15.6 Å². The van der Waals surface area contributed by atoms with Gasteiger partial charge in [0.2, 0.25) is 0 Å². The molecule has 0 spiro atoms. The Hall–Kier alpha value is -1.96. The van der Waals surface area contributed by atoms with E-state index in [1.54, 1.807) is 18.4 Å². The van der Waals surface area contributed by atoms with Gasteiger partial charge in [0.1, 0.15) is 11.3 Å². The molecular weight excluding hydrogens is 330 g/mol. The highest BCUT2D eigenvalue weighted by Crippen LogP contribution is 2.33. The summed E-state index contributed by atoms with van der Waals surface area (Å²) in [5, 5.41) is 6.83. The second-order valence-electron chi connectivity index (χ2n) is 5.27. The van der Waals surface area contributed by atoms with Crippen molar-refractivity contribution < 1.29 is 9.53 Å². The van der Waals surface area contributed by atoms with Crippen LogP contribution < -0.4 is 15.4 Å². The SMILES string of the molecule is COc1cccc2sc(NC(=O)c3cc4c(s3)CCNC4)nc12. The number of anilines is 1. The highest BCUT2D eigenvalue weighted by atomic mass is 32.1. The summed E-state index contributed by atoms with van der Waals surface area (Å²) in [6.07, 6.45) is 0.992. The van der Waals surface area contributed by atoms with Crippen molar-refractivity contribution >= 4 is 43.9 Å². The first-order valence-corrected chi connectivity index (χ1v) is 8.95. The number of hydrogen-bond acceptors (Lipinski definition) is 6. The maximum absolute atomic E-state index is 12.5. The smallest absolute Gasteiger partial charge is 0.267 e. The van der Waals surface area contributed by atoms with Gasteiger partial charge in [-0.15, -0.1) is 11.3 Å². The molecule has 1 aliphatic heterocycles. The number of amides is 1. The van der Waals surface area contributed by atoms with E-state index in [0.29, 0.717) is 5.13 Å². The topological polar surface area (TPSA) is 63.2 Å². The fourth-order valence-corrected chi connectivity index (χ4v) is 4.62. The number of para-hydroxylation sites is 1. The van der Waals surface area contributed by atoms with E-state index >= 15 is 0 Å². The molecule has 4 rings (SSSR count). The van der Waals surface area contributed by atoms with Gasteiger partial charge in [0.05, 0.1) is 16.7 Å². The summed E-state index contributed by atoms with van der Waals surface area (Å²) in [4.78, 5) is 19.0. The van der Waals surface area contributed by atoms with Crippen LogP contribution in [0.15, 0.2) is 24.3 Å². The Labute approximate surface area is 141 Å². The Balaban J connectivity index is 1.60. The molecule has 3 aromatic rings. The lowest BCUT2D eigenvalue weighted by atomic mass is 10.1. The number of benzene rings is 1. The first-order chi connectivity index (χ1) is 11.2. The molecule has 0 saturated heterocycles. The van der Waals surface area contributed by atoms with Crippen LogP contribution in [0.25, 0.3) is 10.2 Å². The lowest BCUT2D eigenvalue weighted by molar-refractivity contribution is 0.103. The standard InChI is InChI=1S/C16H15N3O2S2/c1-21-10-3-2-4-12-14(10)18-16(23-12)19-15(20)13-7-9-8-17-6-5-11(9)22-13/h2-4,7,17H,5-6,8H2,1H3,(H,18,19,20). The number of carbonyl (C=O) groups excluding carboxylic acids is 1. The number of thiazole rings is 1. The van der Waals surface area contributed by atoms with E-state index in [1.165, 1.54) is 21.8 Å². The minimum Gasteiger partial charge on any atom is -0.494 e. The van der Waals surface area contributed by atoms with Gasteiger partial charge in [0.15, 0.2) is 5.13 Å². The summed E-state index contributed by atoms with van der Waals surface area (Å²) < 4.78 is 6.31. The normalized spacial score (nSPS) is 13.8. The molecule has 118 valence electrons. The van der Waals surface area contributed by atoms with E-state index < -0.39 is 0 Å². The van der Waals surface area contributed by atoms with Crippen LogP contribution in [0.4, 0.5) is 5.13 Å². The van der Waals surface area contributed by atoms with Crippen LogP contribution in [0.5, 0.6) is 5.75 Å². The molecule has 2 N–H and O–H groups in total. The van der Waals surface area contributed by atoms with Crippen LogP contribution in [0.3, 0.4) is 0 Å². The van der Waals surface area contributed by atoms with E-state index in [0.717, 1.165) is 40.4 Å². The van der Waals surface area contributed by atoms with E-state index in [1.807, 2.05) is 24.3 Å². The Bertz CT molecular complexity index is 861. The van der Waals surface area contributed by atoms with Gasteiger partial charge >= 0.3 is 0 Å². The summed E-state index contributed by atoms with van der Waals surface area (Å²) in [6.45, 7) is 1.82. The van der Waals surface area contributed by atoms with Gasteiger partial charge in [0.25, 0.3) is 5.91 Å². The van der Waals surface area contributed by atoms with Crippen LogP contribution >= 0.6 is 22.7 Å². The minimum absolute atomic E-state index is 0.0950. The predicted octanol–water partition coefficient (Wildman–Crippen LogP) is 3.26. The van der Waals surface area contributed by atoms with E-state index in [-0.39, 0.29) is 5.91 Å². The van der Waals surface area contributed by atoms with Crippen LogP contribution in [0.2, 0.25) is 0 Å². The number of nitrogens with zero attached hydrogens (tertiary/aromatic N) is 1. The van der Waals surface area contributed by atoms with Gasteiger partial charge in [0, 0.05) is 18.0 Å². The molecule has 0 aliphatic carbocycles. The second kappa shape index (κ2) is 5.92. The van der Waals surface area contributed by atoms with Gasteiger partial charge in [-0.25, -0.2) is 4.98 Å². The van der Waals surface area contributed by atoms with Crippen molar-refractivity contribution in [3.63, 3.8) is 0 Å². The van der Waals surface area contributed by atoms with Gasteiger partial charge in [-0.1, -0.05) is 17.4 Å². The molecule has 23 heavy (non-hydrogen) atoms. The molecule has 3 heterocycles. The molecule has 1 aliphatic rings. The van der Waals surface area contributed by atoms with Crippen LogP contribution in [-0.2, 0) is 13.0 Å². The van der Waals surface area contributed by atoms with Gasteiger partial charge < -0.3 is 10.1 Å². The number of thiophene rings is 1. The quantitative estimate of drug-likeness (QED) is 0.765. The summed E-state index contributed by atoms with van der Waals surface area (Å²) >= 11 is 3.03. The highest BCUT2D eigenvalue weighted by Gasteiger charge is 2.18. The number of hydrogen-bond donors (Lipinski definition) is 2. The molecular formula is C16H15N3O2S2. The second-order valence-corrected chi connectivity index (χ2v) is 7.43. The largest absolute Gasteiger partial charge is 0.494 e. The number of fused-ring (bicyclic) bond motifs is 2. The van der Waals surface area contributed by atoms with Crippen molar-refractivity contribution in [3.05, 3.63) is 39.6 Å². The fourth-order valence-electron chi connectivity index (χ4n) is 2.66. The van der Waals surface area contributed by atoms with Crippen molar-refractivity contribution in [1.82, 2.24) is 10.3 Å². The first kappa shape index (κ1) is 14.6. The lowest BCUT2D eigenvalue weighted by Crippen LogP contribution is -2.21. The zero-order valence-electron chi connectivity index (χ0n) is 12.5. The molecule has 0 saturated carbocycles. The fraction of sp³-hybridized carbons (Fsp3) is 0.250. The maximum Gasteiger partial charge on any atom is 0.267 e. The number of carbonyl (C=O) groups is 1. The van der Waals surface area contributed by atoms with Crippen molar-refractivity contribution in [2.24, 2.45) is 0 Å². The third-order valence-electron chi connectivity index (χ3n) is 3.79. The number of ether oxygens (including phenoxy) is 1. The molecule has 0 fully saturated rings. The predicted molar refractivity (Wildman–Crippen MR) is 93.9 cm³/mol. The lowest BCUT2D eigenvalue weighted by Gasteiger charge is -2.10. The number of aromatic nitrogens is 1. The molecule has 0 atom stereocenters. The number of rotatable bonds is 3. The third kappa shape index (κ3) is 2.71. The minimum atomic E-state index is -0.0950. The zero-order chi connectivity index (χ0) is 15.8. The Kier molecular flexibility index (Phi) is 3.76. The third-order valence-corrected chi connectivity index (χ3v) is 5.96. The van der Waals surface area contributed by atoms with Gasteiger partial charge in [-0.2, -0.15) is 0 Å². The number of nitrogens with one attached hydrogen (secondary N) is 2. The Morgan fingerprint density at radius 1 is 1.39 bits per heavy atom. The van der Waals surface area contributed by atoms with Gasteiger partial charge in [-0.05, 0) is 30.2 Å². The molecule has 7 heteroatoms. The molecule has 1 aromatic carbocycles.